The van der Waals surface area contributed by atoms with Crippen molar-refractivity contribution >= 4 is 34.6 Å². The van der Waals surface area contributed by atoms with E-state index < -0.39 is 17.6 Å². The van der Waals surface area contributed by atoms with E-state index in [1.54, 1.807) is 60.7 Å². The molecule has 0 unspecified atom stereocenters. The molecule has 0 aliphatic rings. The zero-order valence-electron chi connectivity index (χ0n) is 14.7. The first-order valence-corrected chi connectivity index (χ1v) is 8.55. The van der Waals surface area contributed by atoms with Crippen molar-refractivity contribution in [3.05, 3.63) is 83.1 Å². The maximum absolute atomic E-state index is 13.0. The third kappa shape index (κ3) is 4.43. The second-order valence-electron chi connectivity index (χ2n) is 5.96. The average molecular weight is 406 g/mol. The minimum atomic E-state index is -4.57. The van der Waals surface area contributed by atoms with Gasteiger partial charge < -0.3 is 10.2 Å². The van der Waals surface area contributed by atoms with E-state index in [0.717, 1.165) is 17.8 Å². The number of para-hydroxylation sites is 1. The standard InChI is InChI=1S/C20H15ClF3N3O/c1-27(16-6-8-25-9-7-16)18-5-3-2-4-17(18)19(28)26-15-11-13(20(22,23)24)10-14(21)12-15/h2-12H,1H3,(H,26,28). The Kier molecular flexibility index (Phi) is 5.56. The normalized spacial score (nSPS) is 11.2. The van der Waals surface area contributed by atoms with Crippen LogP contribution in [0.5, 0.6) is 0 Å². The summed E-state index contributed by atoms with van der Waals surface area (Å²) in [7, 11) is 1.78. The second kappa shape index (κ2) is 7.90. The molecule has 144 valence electrons. The van der Waals surface area contributed by atoms with Crippen LogP contribution in [0.15, 0.2) is 67.0 Å². The van der Waals surface area contributed by atoms with Crippen LogP contribution in [0.3, 0.4) is 0 Å². The Morgan fingerprint density at radius 2 is 1.75 bits per heavy atom. The molecule has 8 heteroatoms. The summed E-state index contributed by atoms with van der Waals surface area (Å²) < 4.78 is 38.9. The number of carbonyl (C=O) groups excluding carboxylic acids is 1. The predicted octanol–water partition coefficient (Wildman–Crippen LogP) is 5.77. The molecule has 0 radical (unpaired) electrons. The molecule has 0 saturated carbocycles. The Labute approximate surface area is 164 Å². The number of nitrogens with zero attached hydrogens (tertiary/aromatic N) is 2. The SMILES string of the molecule is CN(c1ccncc1)c1ccccc1C(=O)Nc1cc(Cl)cc(C(F)(F)F)c1. The molecule has 2 aromatic carbocycles. The van der Waals surface area contributed by atoms with Crippen LogP contribution in [0.2, 0.25) is 5.02 Å². The van der Waals surface area contributed by atoms with Crippen molar-refractivity contribution in [3.63, 3.8) is 0 Å². The second-order valence-corrected chi connectivity index (χ2v) is 6.40. The number of anilines is 3. The lowest BCUT2D eigenvalue weighted by Gasteiger charge is -2.22. The van der Waals surface area contributed by atoms with Crippen LogP contribution < -0.4 is 10.2 Å². The van der Waals surface area contributed by atoms with Crippen molar-refractivity contribution in [1.29, 1.82) is 0 Å². The Hall–Kier alpha value is -3.06. The number of alkyl halides is 3. The average Bonchev–Trinajstić information content (AvgIpc) is 2.67. The van der Waals surface area contributed by atoms with Gasteiger partial charge in [-0.05, 0) is 42.5 Å². The molecule has 4 nitrogen and oxygen atoms in total. The van der Waals surface area contributed by atoms with E-state index in [0.29, 0.717) is 11.3 Å². The highest BCUT2D eigenvalue weighted by molar-refractivity contribution is 6.31. The summed E-state index contributed by atoms with van der Waals surface area (Å²) in [4.78, 5) is 18.5. The highest BCUT2D eigenvalue weighted by Crippen LogP contribution is 2.34. The van der Waals surface area contributed by atoms with Gasteiger partial charge in [-0.15, -0.1) is 0 Å². The maximum Gasteiger partial charge on any atom is 0.416 e. The van der Waals surface area contributed by atoms with E-state index in [-0.39, 0.29) is 10.7 Å². The van der Waals surface area contributed by atoms with Crippen molar-refractivity contribution in [2.45, 2.75) is 6.18 Å². The van der Waals surface area contributed by atoms with E-state index in [1.165, 1.54) is 6.07 Å². The van der Waals surface area contributed by atoms with E-state index in [4.69, 9.17) is 11.6 Å². The molecule has 0 bridgehead atoms. The van der Waals surface area contributed by atoms with Crippen molar-refractivity contribution in [2.24, 2.45) is 0 Å². The summed E-state index contributed by atoms with van der Waals surface area (Å²) in [6, 6.07) is 13.3. The van der Waals surface area contributed by atoms with Gasteiger partial charge in [0, 0.05) is 35.8 Å². The van der Waals surface area contributed by atoms with Crippen molar-refractivity contribution in [1.82, 2.24) is 4.98 Å². The molecule has 0 saturated heterocycles. The lowest BCUT2D eigenvalue weighted by molar-refractivity contribution is -0.137. The molecular weight excluding hydrogens is 391 g/mol. The first-order valence-electron chi connectivity index (χ1n) is 8.17. The fourth-order valence-electron chi connectivity index (χ4n) is 2.69. The number of amides is 1. The molecule has 0 fully saturated rings. The third-order valence-corrected chi connectivity index (χ3v) is 4.26. The first kappa shape index (κ1) is 19.7. The summed E-state index contributed by atoms with van der Waals surface area (Å²) >= 11 is 5.78. The van der Waals surface area contributed by atoms with E-state index >= 15 is 0 Å². The van der Waals surface area contributed by atoms with Crippen molar-refractivity contribution in [2.75, 3.05) is 17.3 Å². The van der Waals surface area contributed by atoms with Crippen LogP contribution in [0.25, 0.3) is 0 Å². The quantitative estimate of drug-likeness (QED) is 0.599. The number of halogens is 4. The van der Waals surface area contributed by atoms with Gasteiger partial charge in [0.1, 0.15) is 0 Å². The van der Waals surface area contributed by atoms with Gasteiger partial charge in [0.05, 0.1) is 16.8 Å². The van der Waals surface area contributed by atoms with Crippen LogP contribution >= 0.6 is 11.6 Å². The van der Waals surface area contributed by atoms with Gasteiger partial charge in [-0.2, -0.15) is 13.2 Å². The van der Waals surface area contributed by atoms with Gasteiger partial charge >= 0.3 is 6.18 Å². The van der Waals surface area contributed by atoms with Crippen LogP contribution in [0, 0.1) is 0 Å². The molecule has 0 atom stereocenters. The van der Waals surface area contributed by atoms with E-state index in [1.807, 2.05) is 0 Å². The molecule has 0 aliphatic heterocycles. The van der Waals surface area contributed by atoms with Gasteiger partial charge in [0.25, 0.3) is 5.91 Å². The number of hydrogen-bond donors (Lipinski definition) is 1. The fourth-order valence-corrected chi connectivity index (χ4v) is 2.92. The molecule has 1 heterocycles. The third-order valence-electron chi connectivity index (χ3n) is 4.04. The summed E-state index contributed by atoms with van der Waals surface area (Å²) in [6.07, 6.45) is -1.32. The zero-order chi connectivity index (χ0) is 20.3. The highest BCUT2D eigenvalue weighted by atomic mass is 35.5. The Morgan fingerprint density at radius 3 is 2.43 bits per heavy atom. The first-order chi connectivity index (χ1) is 13.3. The lowest BCUT2D eigenvalue weighted by atomic mass is 10.1. The Morgan fingerprint density at radius 1 is 1.07 bits per heavy atom. The fraction of sp³-hybridized carbons (Fsp3) is 0.100. The number of pyridine rings is 1. The molecule has 1 N–H and O–H groups in total. The molecule has 0 aliphatic carbocycles. The van der Waals surface area contributed by atoms with Crippen LogP contribution in [0.1, 0.15) is 15.9 Å². The molecule has 0 spiro atoms. The van der Waals surface area contributed by atoms with Crippen molar-refractivity contribution < 1.29 is 18.0 Å². The highest BCUT2D eigenvalue weighted by Gasteiger charge is 2.31. The number of nitrogens with one attached hydrogen (secondary N) is 1. The molecular formula is C20H15ClF3N3O. The zero-order valence-corrected chi connectivity index (χ0v) is 15.4. The minimum absolute atomic E-state index is 0.0359. The molecule has 1 amide bonds. The van der Waals surface area contributed by atoms with Gasteiger partial charge in [-0.3, -0.25) is 9.78 Å². The smallest absolute Gasteiger partial charge is 0.344 e. The molecule has 3 rings (SSSR count). The van der Waals surface area contributed by atoms with Crippen LogP contribution in [-0.2, 0) is 6.18 Å². The van der Waals surface area contributed by atoms with Crippen LogP contribution in [-0.4, -0.2) is 17.9 Å². The lowest BCUT2D eigenvalue weighted by Crippen LogP contribution is -2.18. The number of carbonyl (C=O) groups is 1. The maximum atomic E-state index is 13.0. The van der Waals surface area contributed by atoms with Crippen LogP contribution in [0.4, 0.5) is 30.2 Å². The largest absolute Gasteiger partial charge is 0.416 e. The number of hydrogen-bond acceptors (Lipinski definition) is 3. The predicted molar refractivity (Wildman–Crippen MR) is 103 cm³/mol. The van der Waals surface area contributed by atoms with Crippen molar-refractivity contribution in [3.8, 4) is 0 Å². The summed E-state index contributed by atoms with van der Waals surface area (Å²) in [5.41, 5.74) is 0.723. The molecule has 28 heavy (non-hydrogen) atoms. The molecule has 3 aromatic rings. The minimum Gasteiger partial charge on any atom is -0.344 e. The summed E-state index contributed by atoms with van der Waals surface area (Å²) in [5, 5.41) is 2.38. The molecule has 1 aromatic heterocycles. The number of aromatic nitrogens is 1. The van der Waals surface area contributed by atoms with Gasteiger partial charge in [-0.25, -0.2) is 0 Å². The summed E-state index contributed by atoms with van der Waals surface area (Å²) in [5.74, 6) is -0.549. The number of benzene rings is 2. The van der Waals surface area contributed by atoms with Gasteiger partial charge in [0.15, 0.2) is 0 Å². The Balaban J connectivity index is 1.92. The Bertz CT molecular complexity index is 993. The monoisotopic (exact) mass is 405 g/mol. The van der Waals surface area contributed by atoms with E-state index in [9.17, 15) is 18.0 Å². The van der Waals surface area contributed by atoms with Gasteiger partial charge in [-0.1, -0.05) is 23.7 Å². The van der Waals surface area contributed by atoms with Gasteiger partial charge in [0.2, 0.25) is 0 Å². The topological polar surface area (TPSA) is 45.2 Å². The van der Waals surface area contributed by atoms with E-state index in [2.05, 4.69) is 10.3 Å². The summed E-state index contributed by atoms with van der Waals surface area (Å²) in [6.45, 7) is 0. The number of rotatable bonds is 4.